The molecule has 0 radical (unpaired) electrons. The number of hydrogen-bond acceptors (Lipinski definition) is 5. The average Bonchev–Trinajstić information content (AvgIpc) is 2.53. The summed E-state index contributed by atoms with van der Waals surface area (Å²) in [6.07, 6.45) is 2.31. The fraction of sp³-hybridized carbons (Fsp3) is 0.200. The molecule has 0 unspecified atom stereocenters. The van der Waals surface area contributed by atoms with E-state index in [1.165, 1.54) is 6.33 Å². The van der Waals surface area contributed by atoms with Gasteiger partial charge in [0.25, 0.3) is 5.91 Å². The minimum atomic E-state index is -0.341. The number of hydrogen-bond donors (Lipinski definition) is 2. The molecule has 2 aromatic rings. The van der Waals surface area contributed by atoms with E-state index < -0.39 is 0 Å². The molecule has 0 spiro atoms. The first-order valence-corrected chi connectivity index (χ1v) is 6.60. The summed E-state index contributed by atoms with van der Waals surface area (Å²) >= 11 is 0. The Hall–Kier alpha value is -2.94. The number of carbonyl (C=O) groups is 1. The number of anilines is 2. The maximum absolute atomic E-state index is 12.1. The maximum Gasteiger partial charge on any atom is 0.274 e. The summed E-state index contributed by atoms with van der Waals surface area (Å²) in [7, 11) is 0. The van der Waals surface area contributed by atoms with Crippen LogP contribution in [0.25, 0.3) is 0 Å². The zero-order chi connectivity index (χ0) is 15.1. The quantitative estimate of drug-likeness (QED) is 0.878. The van der Waals surface area contributed by atoms with Crippen LogP contribution in [0.4, 0.5) is 11.5 Å². The van der Waals surface area contributed by atoms with Crippen LogP contribution in [0.2, 0.25) is 0 Å². The van der Waals surface area contributed by atoms with Crippen molar-refractivity contribution in [2.24, 2.45) is 0 Å². The Balaban J connectivity index is 2.11. The highest BCUT2D eigenvalue weighted by atomic mass is 16.1. The molecule has 21 heavy (non-hydrogen) atoms. The lowest BCUT2D eigenvalue weighted by Crippen LogP contribution is -2.15. The average molecular weight is 281 g/mol. The largest absolute Gasteiger partial charge is 0.370 e. The molecule has 0 fully saturated rings. The third-order valence-electron chi connectivity index (χ3n) is 2.71. The molecule has 0 aliphatic rings. The molecule has 106 valence electrons. The van der Waals surface area contributed by atoms with E-state index in [-0.39, 0.29) is 11.6 Å². The number of aromatic nitrogens is 2. The van der Waals surface area contributed by atoms with E-state index in [2.05, 4.69) is 20.6 Å². The van der Waals surface area contributed by atoms with Crippen LogP contribution in [0.5, 0.6) is 0 Å². The molecule has 1 aromatic carbocycles. The Labute approximate surface area is 122 Å². The zero-order valence-electron chi connectivity index (χ0n) is 11.6. The number of carbonyl (C=O) groups excluding carboxylic acids is 1. The number of nitrogens with zero attached hydrogens (tertiary/aromatic N) is 3. The van der Waals surface area contributed by atoms with E-state index in [1.807, 2.05) is 13.0 Å². The summed E-state index contributed by atoms with van der Waals surface area (Å²) in [4.78, 5) is 20.1. The second-order valence-electron chi connectivity index (χ2n) is 4.36. The van der Waals surface area contributed by atoms with E-state index >= 15 is 0 Å². The Bertz CT molecular complexity index is 678. The van der Waals surface area contributed by atoms with Gasteiger partial charge in [-0.2, -0.15) is 5.26 Å². The highest BCUT2D eigenvalue weighted by Crippen LogP contribution is 2.12. The van der Waals surface area contributed by atoms with Gasteiger partial charge in [-0.05, 0) is 24.6 Å². The smallest absolute Gasteiger partial charge is 0.274 e. The molecule has 6 nitrogen and oxygen atoms in total. The van der Waals surface area contributed by atoms with Crippen LogP contribution in [0.15, 0.2) is 36.7 Å². The molecule has 2 N–H and O–H groups in total. The number of rotatable bonds is 5. The zero-order valence-corrected chi connectivity index (χ0v) is 11.6. The SMILES string of the molecule is CCCNc1cc(C(=O)Nc2cccc(C#N)c2)ncn1. The maximum atomic E-state index is 12.1. The summed E-state index contributed by atoms with van der Waals surface area (Å²) in [5.41, 5.74) is 1.31. The van der Waals surface area contributed by atoms with E-state index in [1.54, 1.807) is 30.3 Å². The molecular weight excluding hydrogens is 266 g/mol. The molecule has 2 rings (SSSR count). The van der Waals surface area contributed by atoms with Gasteiger partial charge in [0.1, 0.15) is 17.8 Å². The third kappa shape index (κ3) is 4.01. The van der Waals surface area contributed by atoms with Crippen molar-refractivity contribution in [3.63, 3.8) is 0 Å². The van der Waals surface area contributed by atoms with Crippen molar-refractivity contribution in [3.05, 3.63) is 47.9 Å². The van der Waals surface area contributed by atoms with Crippen molar-refractivity contribution < 1.29 is 4.79 Å². The Kier molecular flexibility index (Phi) is 4.83. The van der Waals surface area contributed by atoms with Crippen LogP contribution in [-0.2, 0) is 0 Å². The number of benzene rings is 1. The monoisotopic (exact) mass is 281 g/mol. The topological polar surface area (TPSA) is 90.7 Å². The van der Waals surface area contributed by atoms with Crippen LogP contribution in [0, 0.1) is 11.3 Å². The third-order valence-corrected chi connectivity index (χ3v) is 2.71. The number of nitriles is 1. The van der Waals surface area contributed by atoms with E-state index in [0.29, 0.717) is 17.1 Å². The van der Waals surface area contributed by atoms with Gasteiger partial charge < -0.3 is 10.6 Å². The minimum Gasteiger partial charge on any atom is -0.370 e. The second-order valence-corrected chi connectivity index (χ2v) is 4.36. The van der Waals surface area contributed by atoms with Crippen molar-refractivity contribution in [1.82, 2.24) is 9.97 Å². The van der Waals surface area contributed by atoms with E-state index in [4.69, 9.17) is 5.26 Å². The first-order chi connectivity index (χ1) is 10.2. The molecule has 6 heteroatoms. The molecular formula is C15H15N5O. The fourth-order valence-electron chi connectivity index (χ4n) is 1.69. The minimum absolute atomic E-state index is 0.269. The predicted octanol–water partition coefficient (Wildman–Crippen LogP) is 2.42. The first-order valence-electron chi connectivity index (χ1n) is 6.60. The van der Waals surface area contributed by atoms with Crippen LogP contribution < -0.4 is 10.6 Å². The van der Waals surface area contributed by atoms with E-state index in [9.17, 15) is 4.79 Å². The normalized spacial score (nSPS) is 9.71. The fourth-order valence-corrected chi connectivity index (χ4v) is 1.69. The molecule has 1 heterocycles. The molecule has 1 amide bonds. The van der Waals surface area contributed by atoms with Crippen LogP contribution in [0.1, 0.15) is 29.4 Å². The summed E-state index contributed by atoms with van der Waals surface area (Å²) in [5.74, 6) is 0.273. The number of amides is 1. The Morgan fingerprint density at radius 3 is 2.95 bits per heavy atom. The molecule has 0 aliphatic carbocycles. The molecule has 0 bridgehead atoms. The van der Waals surface area contributed by atoms with Crippen molar-refractivity contribution in [2.75, 3.05) is 17.2 Å². The lowest BCUT2D eigenvalue weighted by atomic mass is 10.2. The lowest BCUT2D eigenvalue weighted by Gasteiger charge is -2.07. The summed E-state index contributed by atoms with van der Waals surface area (Å²) in [6, 6.07) is 10.3. The summed E-state index contributed by atoms with van der Waals surface area (Å²) in [6.45, 7) is 2.83. The van der Waals surface area contributed by atoms with E-state index in [0.717, 1.165) is 13.0 Å². The lowest BCUT2D eigenvalue weighted by molar-refractivity contribution is 0.102. The van der Waals surface area contributed by atoms with Crippen LogP contribution in [0.3, 0.4) is 0 Å². The van der Waals surface area contributed by atoms with Crippen molar-refractivity contribution in [1.29, 1.82) is 5.26 Å². The Morgan fingerprint density at radius 2 is 2.19 bits per heavy atom. The molecule has 0 saturated carbocycles. The Morgan fingerprint density at radius 1 is 1.33 bits per heavy atom. The predicted molar refractivity (Wildman–Crippen MR) is 79.9 cm³/mol. The highest BCUT2D eigenvalue weighted by Gasteiger charge is 2.09. The van der Waals surface area contributed by atoms with Gasteiger partial charge in [0.2, 0.25) is 0 Å². The van der Waals surface area contributed by atoms with Crippen molar-refractivity contribution >= 4 is 17.4 Å². The van der Waals surface area contributed by atoms with Crippen molar-refractivity contribution in [3.8, 4) is 6.07 Å². The van der Waals surface area contributed by atoms with Gasteiger partial charge >= 0.3 is 0 Å². The molecule has 0 aliphatic heterocycles. The molecule has 1 aromatic heterocycles. The van der Waals surface area contributed by atoms with Gasteiger partial charge in [-0.25, -0.2) is 9.97 Å². The highest BCUT2D eigenvalue weighted by molar-refractivity contribution is 6.03. The van der Waals surface area contributed by atoms with Gasteiger partial charge in [-0.15, -0.1) is 0 Å². The summed E-state index contributed by atoms with van der Waals surface area (Å²) < 4.78 is 0. The summed E-state index contributed by atoms with van der Waals surface area (Å²) in [5, 5.41) is 14.6. The standard InChI is InChI=1S/C15H15N5O/c1-2-6-17-14-8-13(18-10-19-14)15(21)20-12-5-3-4-11(7-12)9-16/h3-5,7-8,10H,2,6H2,1H3,(H,20,21)(H,17,18,19). The first kappa shape index (κ1) is 14.5. The van der Waals surface area contributed by atoms with Crippen LogP contribution in [-0.4, -0.2) is 22.4 Å². The van der Waals surface area contributed by atoms with Crippen molar-refractivity contribution in [2.45, 2.75) is 13.3 Å². The van der Waals surface area contributed by atoms with Gasteiger partial charge in [0, 0.05) is 18.3 Å². The van der Waals surface area contributed by atoms with Gasteiger partial charge in [-0.3, -0.25) is 4.79 Å². The number of nitrogens with one attached hydrogen (secondary N) is 2. The van der Waals surface area contributed by atoms with Gasteiger partial charge in [0.05, 0.1) is 11.6 Å². The molecule has 0 saturated heterocycles. The van der Waals surface area contributed by atoms with Gasteiger partial charge in [0.15, 0.2) is 0 Å². The van der Waals surface area contributed by atoms with Gasteiger partial charge in [-0.1, -0.05) is 13.0 Å². The second kappa shape index (κ2) is 7.01. The van der Waals surface area contributed by atoms with Crippen LogP contribution >= 0.6 is 0 Å². The molecule has 0 atom stereocenters.